The highest BCUT2D eigenvalue weighted by Crippen LogP contribution is 2.55. The lowest BCUT2D eigenvalue weighted by atomic mass is 9.81. The zero-order valence-corrected chi connectivity index (χ0v) is 9.72. The molecule has 2 saturated carbocycles. The number of esters is 1. The Labute approximate surface area is 99.1 Å². The number of imide groups is 1. The molecule has 5 nitrogen and oxygen atoms in total. The Morgan fingerprint density at radius 1 is 1.24 bits per heavy atom. The van der Waals surface area contributed by atoms with Crippen LogP contribution in [-0.2, 0) is 19.1 Å². The number of rotatable bonds is 2. The van der Waals surface area contributed by atoms with Gasteiger partial charge in [0.05, 0.1) is 18.9 Å². The zero-order chi connectivity index (χ0) is 12.2. The van der Waals surface area contributed by atoms with Crippen molar-refractivity contribution in [2.24, 2.45) is 23.7 Å². The number of methoxy groups -OCH3 is 1. The molecule has 0 aromatic rings. The summed E-state index contributed by atoms with van der Waals surface area (Å²) in [6.45, 7) is -0.222. The van der Waals surface area contributed by atoms with Gasteiger partial charge >= 0.3 is 5.97 Å². The van der Waals surface area contributed by atoms with E-state index in [0.717, 1.165) is 24.2 Å². The molecular weight excluding hydrogens is 222 g/mol. The average molecular weight is 237 g/mol. The third-order valence-electron chi connectivity index (χ3n) is 4.53. The summed E-state index contributed by atoms with van der Waals surface area (Å²) in [6, 6.07) is 0. The zero-order valence-electron chi connectivity index (χ0n) is 9.72. The van der Waals surface area contributed by atoms with Crippen LogP contribution in [0.2, 0.25) is 0 Å². The Morgan fingerprint density at radius 3 is 2.24 bits per heavy atom. The van der Waals surface area contributed by atoms with Crippen molar-refractivity contribution in [3.8, 4) is 0 Å². The molecule has 3 aliphatic rings. The van der Waals surface area contributed by atoms with E-state index in [-0.39, 0.29) is 30.2 Å². The highest BCUT2D eigenvalue weighted by Gasteiger charge is 2.60. The Hall–Kier alpha value is -1.39. The van der Waals surface area contributed by atoms with Gasteiger partial charge in [0.1, 0.15) is 6.54 Å². The summed E-state index contributed by atoms with van der Waals surface area (Å²) < 4.78 is 4.52. The molecule has 0 unspecified atom stereocenters. The predicted molar refractivity (Wildman–Crippen MR) is 56.5 cm³/mol. The topological polar surface area (TPSA) is 63.7 Å². The van der Waals surface area contributed by atoms with Gasteiger partial charge in [0.2, 0.25) is 11.8 Å². The number of likely N-dealkylation sites (tertiary alicyclic amines) is 1. The van der Waals surface area contributed by atoms with Gasteiger partial charge in [-0.3, -0.25) is 19.3 Å². The summed E-state index contributed by atoms with van der Waals surface area (Å²) in [6.07, 6.45) is 3.12. The number of fused-ring (bicyclic) bond motifs is 5. The molecular formula is C12H15NO4. The van der Waals surface area contributed by atoms with E-state index in [9.17, 15) is 14.4 Å². The van der Waals surface area contributed by atoms with Crippen molar-refractivity contribution in [3.05, 3.63) is 0 Å². The van der Waals surface area contributed by atoms with Gasteiger partial charge in [0.15, 0.2) is 0 Å². The maximum absolute atomic E-state index is 12.1. The first-order valence-corrected chi connectivity index (χ1v) is 6.05. The Kier molecular flexibility index (Phi) is 2.24. The Bertz CT molecular complexity index is 377. The van der Waals surface area contributed by atoms with Crippen molar-refractivity contribution in [1.82, 2.24) is 4.90 Å². The van der Waals surface area contributed by atoms with Gasteiger partial charge in [0.25, 0.3) is 0 Å². The van der Waals surface area contributed by atoms with Crippen LogP contribution in [0.15, 0.2) is 0 Å². The van der Waals surface area contributed by atoms with Gasteiger partial charge in [-0.25, -0.2) is 0 Å². The molecule has 0 N–H and O–H groups in total. The quantitative estimate of drug-likeness (QED) is 0.508. The third-order valence-corrected chi connectivity index (χ3v) is 4.53. The molecule has 2 aliphatic carbocycles. The first-order valence-electron chi connectivity index (χ1n) is 6.05. The largest absolute Gasteiger partial charge is 0.468 e. The average Bonchev–Trinajstić information content (AvgIpc) is 2.98. The summed E-state index contributed by atoms with van der Waals surface area (Å²) in [5.41, 5.74) is 0. The van der Waals surface area contributed by atoms with E-state index in [1.807, 2.05) is 0 Å². The van der Waals surface area contributed by atoms with Crippen molar-refractivity contribution in [2.45, 2.75) is 19.3 Å². The molecule has 2 bridgehead atoms. The summed E-state index contributed by atoms with van der Waals surface area (Å²) >= 11 is 0. The van der Waals surface area contributed by atoms with Gasteiger partial charge in [-0.1, -0.05) is 0 Å². The molecule has 3 rings (SSSR count). The molecule has 92 valence electrons. The van der Waals surface area contributed by atoms with Crippen LogP contribution in [0.25, 0.3) is 0 Å². The van der Waals surface area contributed by atoms with E-state index in [4.69, 9.17) is 0 Å². The number of amides is 2. The summed E-state index contributed by atoms with van der Waals surface area (Å²) in [7, 11) is 1.26. The van der Waals surface area contributed by atoms with Gasteiger partial charge in [-0.2, -0.15) is 0 Å². The van der Waals surface area contributed by atoms with Crippen LogP contribution in [-0.4, -0.2) is 36.3 Å². The Morgan fingerprint density at radius 2 is 1.76 bits per heavy atom. The predicted octanol–water partition coefficient (Wildman–Crippen LogP) is 0.190. The highest BCUT2D eigenvalue weighted by atomic mass is 16.5. The minimum atomic E-state index is -0.529. The van der Waals surface area contributed by atoms with Gasteiger partial charge in [-0.15, -0.1) is 0 Å². The van der Waals surface area contributed by atoms with Crippen molar-refractivity contribution in [2.75, 3.05) is 13.7 Å². The van der Waals surface area contributed by atoms with E-state index in [0.29, 0.717) is 11.8 Å². The maximum atomic E-state index is 12.1. The number of carbonyl (C=O) groups excluding carboxylic acids is 3. The fraction of sp³-hybridized carbons (Fsp3) is 0.750. The number of carbonyl (C=O) groups is 3. The molecule has 1 heterocycles. The molecule has 1 saturated heterocycles. The van der Waals surface area contributed by atoms with Gasteiger partial charge < -0.3 is 4.74 Å². The summed E-state index contributed by atoms with van der Waals surface area (Å²) in [4.78, 5) is 36.6. The van der Waals surface area contributed by atoms with Gasteiger partial charge in [-0.05, 0) is 31.1 Å². The highest BCUT2D eigenvalue weighted by molar-refractivity contribution is 6.07. The first-order chi connectivity index (χ1) is 8.13. The van der Waals surface area contributed by atoms with Crippen molar-refractivity contribution in [1.29, 1.82) is 0 Å². The second-order valence-electron chi connectivity index (χ2n) is 5.22. The lowest BCUT2D eigenvalue weighted by molar-refractivity contribution is -0.151. The fourth-order valence-electron chi connectivity index (χ4n) is 3.82. The molecule has 2 amide bonds. The lowest BCUT2D eigenvalue weighted by Gasteiger charge is -2.19. The van der Waals surface area contributed by atoms with Crippen LogP contribution < -0.4 is 0 Å². The van der Waals surface area contributed by atoms with Crippen LogP contribution in [0.4, 0.5) is 0 Å². The third kappa shape index (κ3) is 1.34. The first kappa shape index (κ1) is 10.7. The van der Waals surface area contributed by atoms with Crippen LogP contribution in [0, 0.1) is 23.7 Å². The molecule has 3 fully saturated rings. The monoisotopic (exact) mass is 237 g/mol. The SMILES string of the molecule is COC(=O)CN1C(=O)[C@@H]2[C@H]3CC[C@@H](C3)[C@H]2C1=O. The number of nitrogens with zero attached hydrogens (tertiary/aromatic N) is 1. The molecule has 0 spiro atoms. The minimum absolute atomic E-state index is 0.147. The lowest BCUT2D eigenvalue weighted by Crippen LogP contribution is -2.37. The summed E-state index contributed by atoms with van der Waals surface area (Å²) in [5, 5.41) is 0. The van der Waals surface area contributed by atoms with E-state index in [2.05, 4.69) is 4.74 Å². The van der Waals surface area contributed by atoms with Crippen LogP contribution in [0.3, 0.4) is 0 Å². The maximum Gasteiger partial charge on any atom is 0.325 e. The second kappa shape index (κ2) is 3.55. The van der Waals surface area contributed by atoms with Crippen molar-refractivity contribution in [3.63, 3.8) is 0 Å². The van der Waals surface area contributed by atoms with Crippen LogP contribution >= 0.6 is 0 Å². The van der Waals surface area contributed by atoms with Crippen molar-refractivity contribution >= 4 is 17.8 Å². The molecule has 1 aliphatic heterocycles. The summed E-state index contributed by atoms with van der Waals surface area (Å²) in [5.74, 6) is -0.403. The normalized spacial score (nSPS) is 38.8. The fourth-order valence-corrected chi connectivity index (χ4v) is 3.82. The Balaban J connectivity index is 1.83. The molecule has 5 heteroatoms. The molecule has 0 aromatic carbocycles. The van der Waals surface area contributed by atoms with Gasteiger partial charge in [0, 0.05) is 0 Å². The second-order valence-corrected chi connectivity index (χ2v) is 5.22. The molecule has 0 radical (unpaired) electrons. The van der Waals surface area contributed by atoms with Crippen LogP contribution in [0.5, 0.6) is 0 Å². The minimum Gasteiger partial charge on any atom is -0.468 e. The molecule has 17 heavy (non-hydrogen) atoms. The van der Waals surface area contributed by atoms with E-state index in [1.54, 1.807) is 0 Å². The van der Waals surface area contributed by atoms with E-state index >= 15 is 0 Å². The van der Waals surface area contributed by atoms with Crippen LogP contribution in [0.1, 0.15) is 19.3 Å². The number of ether oxygens (including phenoxy) is 1. The standard InChI is InChI=1S/C12H15NO4/c1-17-8(14)5-13-11(15)9-6-2-3-7(4-6)10(9)12(13)16/h6-7,9-10H,2-5H2,1H3/t6-,7-,9+,10+/m0/s1. The van der Waals surface area contributed by atoms with Crippen molar-refractivity contribution < 1.29 is 19.1 Å². The van der Waals surface area contributed by atoms with E-state index in [1.165, 1.54) is 7.11 Å². The molecule has 0 aromatic heterocycles. The number of hydrogen-bond acceptors (Lipinski definition) is 4. The smallest absolute Gasteiger partial charge is 0.325 e. The molecule has 4 atom stereocenters. The number of hydrogen-bond donors (Lipinski definition) is 0. The van der Waals surface area contributed by atoms with E-state index < -0.39 is 5.97 Å².